The molecule has 0 spiro atoms. The van der Waals surface area contributed by atoms with Crippen LogP contribution < -0.4 is 0 Å². The fraction of sp³-hybridized carbons (Fsp3) is 0.714. The molecule has 0 aromatic heterocycles. The Hall–Kier alpha value is -0.341. The third-order valence-corrected chi connectivity index (χ3v) is 3.81. The first-order valence-electron chi connectivity index (χ1n) is 3.66. The fourth-order valence-corrected chi connectivity index (χ4v) is 2.87. The second-order valence-electron chi connectivity index (χ2n) is 2.54. The summed E-state index contributed by atoms with van der Waals surface area (Å²) < 4.78 is 1.12. The van der Waals surface area contributed by atoms with E-state index in [4.69, 9.17) is 0 Å². The molecule has 0 heterocycles. The van der Waals surface area contributed by atoms with Gasteiger partial charge in [-0.25, -0.2) is 0 Å². The zero-order valence-electron chi connectivity index (χ0n) is 6.50. The molecule has 0 saturated carbocycles. The van der Waals surface area contributed by atoms with Gasteiger partial charge in [0.25, 0.3) is 0 Å². The van der Waals surface area contributed by atoms with Crippen LogP contribution in [0.25, 0.3) is 0 Å². The molecule has 4 heteroatoms. The Kier molecular flexibility index (Phi) is 3.09. The normalized spacial score (nSPS) is 18.6. The van der Waals surface area contributed by atoms with E-state index < -0.39 is 0 Å². The molecule has 1 aliphatic rings. The minimum atomic E-state index is -0.195. The van der Waals surface area contributed by atoms with Crippen molar-refractivity contribution >= 4 is 15.0 Å². The van der Waals surface area contributed by atoms with E-state index in [1.807, 2.05) is 0 Å². The van der Waals surface area contributed by atoms with Crippen molar-refractivity contribution < 1.29 is 4.92 Å². The van der Waals surface area contributed by atoms with E-state index in [2.05, 4.69) is 5.82 Å². The first-order chi connectivity index (χ1) is 5.25. The molecule has 62 valence electrons. The third-order valence-electron chi connectivity index (χ3n) is 1.86. The molecule has 0 bridgehead atoms. The van der Waals surface area contributed by atoms with Gasteiger partial charge in [-0.1, -0.05) is 0 Å². The molecule has 0 amide bonds. The Morgan fingerprint density at radius 2 is 2.09 bits per heavy atom. The first-order valence-corrected chi connectivity index (χ1v) is 6.23. The van der Waals surface area contributed by atoms with Crippen molar-refractivity contribution in [3.63, 3.8) is 0 Å². The molecular weight excluding hydrogens is 209 g/mol. The molecule has 0 fully saturated rings. The molecule has 0 aromatic rings. The Bertz CT molecular complexity index is 201. The summed E-state index contributed by atoms with van der Waals surface area (Å²) in [6.45, 7) is 0. The van der Waals surface area contributed by atoms with Crippen molar-refractivity contribution in [2.75, 3.05) is 0 Å². The van der Waals surface area contributed by atoms with Crippen LogP contribution in [0, 0.1) is 10.1 Å². The maximum atomic E-state index is 10.5. The van der Waals surface area contributed by atoms with Crippen molar-refractivity contribution in [1.82, 2.24) is 0 Å². The van der Waals surface area contributed by atoms with Gasteiger partial charge in [0.2, 0.25) is 0 Å². The average molecular weight is 220 g/mol. The van der Waals surface area contributed by atoms with E-state index in [-0.39, 0.29) is 4.92 Å². The van der Waals surface area contributed by atoms with Crippen LogP contribution in [0.1, 0.15) is 25.7 Å². The summed E-state index contributed by atoms with van der Waals surface area (Å²) in [5.41, 5.74) is 0.513. The predicted octanol–water partition coefficient (Wildman–Crippen LogP) is 1.80. The molecule has 0 radical (unpaired) electrons. The number of hydrogen-bond donors (Lipinski definition) is 0. The van der Waals surface area contributed by atoms with Gasteiger partial charge in [0.1, 0.15) is 0 Å². The average Bonchev–Trinajstić information content (AvgIpc) is 2.04. The van der Waals surface area contributed by atoms with E-state index in [0.29, 0.717) is 27.1 Å². The summed E-state index contributed by atoms with van der Waals surface area (Å²) in [5, 5.41) is 10.5. The fourth-order valence-electron chi connectivity index (χ4n) is 1.27. The van der Waals surface area contributed by atoms with E-state index in [1.165, 1.54) is 0 Å². The van der Waals surface area contributed by atoms with E-state index in [1.54, 1.807) is 0 Å². The molecule has 1 rings (SSSR count). The molecule has 0 saturated heterocycles. The van der Waals surface area contributed by atoms with Gasteiger partial charge in [-0.3, -0.25) is 0 Å². The molecule has 11 heavy (non-hydrogen) atoms. The third kappa shape index (κ3) is 2.04. The molecule has 0 N–H and O–H groups in total. The Labute approximate surface area is 72.2 Å². The molecule has 1 aliphatic carbocycles. The van der Waals surface area contributed by atoms with Crippen LogP contribution in [0.3, 0.4) is 0 Å². The number of nitro groups is 1. The standard InChI is InChI=1S/C7H11NO2Se/c1-11-7-5-3-2-4-6(7)8(9)10/h2-5H2,1H3. The molecule has 0 aromatic carbocycles. The summed E-state index contributed by atoms with van der Waals surface area (Å²) in [4.78, 5) is 10.3. The van der Waals surface area contributed by atoms with Crippen LogP contribution in [0.5, 0.6) is 0 Å². The summed E-state index contributed by atoms with van der Waals surface area (Å²) >= 11 is 0.336. The maximum absolute atomic E-state index is 10.5. The second-order valence-corrected chi connectivity index (χ2v) is 4.43. The molecular formula is C7H11NO2Se. The van der Waals surface area contributed by atoms with Crippen LogP contribution in [0.2, 0.25) is 5.82 Å². The first kappa shape index (κ1) is 8.75. The Morgan fingerprint density at radius 1 is 1.45 bits per heavy atom. The number of hydrogen-bond acceptors (Lipinski definition) is 2. The Balaban J connectivity index is 2.81. The van der Waals surface area contributed by atoms with Crippen LogP contribution in [-0.2, 0) is 0 Å². The topological polar surface area (TPSA) is 43.1 Å². The van der Waals surface area contributed by atoms with E-state index in [9.17, 15) is 10.1 Å². The van der Waals surface area contributed by atoms with Crippen molar-refractivity contribution in [3.05, 3.63) is 20.3 Å². The van der Waals surface area contributed by atoms with Crippen LogP contribution in [0.15, 0.2) is 10.2 Å². The summed E-state index contributed by atoms with van der Waals surface area (Å²) in [6.07, 6.45) is 3.79. The predicted molar refractivity (Wildman–Crippen MR) is 44.1 cm³/mol. The molecule has 0 atom stereocenters. The van der Waals surface area contributed by atoms with Gasteiger partial charge < -0.3 is 0 Å². The van der Waals surface area contributed by atoms with Gasteiger partial charge >= 0.3 is 71.7 Å². The second kappa shape index (κ2) is 3.88. The van der Waals surface area contributed by atoms with E-state index >= 15 is 0 Å². The van der Waals surface area contributed by atoms with Crippen molar-refractivity contribution in [2.24, 2.45) is 0 Å². The van der Waals surface area contributed by atoms with Crippen LogP contribution in [0.4, 0.5) is 0 Å². The minimum absolute atomic E-state index is 0.195. The van der Waals surface area contributed by atoms with Crippen molar-refractivity contribution in [2.45, 2.75) is 31.5 Å². The summed E-state index contributed by atoms with van der Waals surface area (Å²) in [7, 11) is 0. The number of nitrogens with zero attached hydrogens (tertiary/aromatic N) is 1. The zero-order valence-corrected chi connectivity index (χ0v) is 8.21. The van der Waals surface area contributed by atoms with E-state index in [0.717, 1.165) is 23.7 Å². The molecule has 0 unspecified atom stereocenters. The Morgan fingerprint density at radius 3 is 2.55 bits per heavy atom. The molecule has 0 aliphatic heterocycles. The van der Waals surface area contributed by atoms with Gasteiger partial charge in [-0.15, -0.1) is 0 Å². The van der Waals surface area contributed by atoms with Crippen LogP contribution in [-0.4, -0.2) is 19.9 Å². The van der Waals surface area contributed by atoms with Gasteiger partial charge in [-0.2, -0.15) is 0 Å². The molecule has 3 nitrogen and oxygen atoms in total. The quantitative estimate of drug-likeness (QED) is 0.404. The van der Waals surface area contributed by atoms with Gasteiger partial charge in [0.05, 0.1) is 0 Å². The van der Waals surface area contributed by atoms with Gasteiger partial charge in [0.15, 0.2) is 0 Å². The van der Waals surface area contributed by atoms with Gasteiger partial charge in [-0.05, 0) is 0 Å². The summed E-state index contributed by atoms with van der Waals surface area (Å²) in [6, 6.07) is 0. The van der Waals surface area contributed by atoms with Crippen molar-refractivity contribution in [1.29, 1.82) is 0 Å². The SMILES string of the molecule is C[Se]C1=C([N+](=O)[O-])CCCC1. The van der Waals surface area contributed by atoms with Gasteiger partial charge in [0, 0.05) is 0 Å². The zero-order chi connectivity index (χ0) is 8.27. The monoisotopic (exact) mass is 221 g/mol. The number of allylic oxidation sites excluding steroid dienone is 2. The van der Waals surface area contributed by atoms with Crippen LogP contribution >= 0.6 is 0 Å². The summed E-state index contributed by atoms with van der Waals surface area (Å²) in [5.74, 6) is 2.05. The van der Waals surface area contributed by atoms with Crippen molar-refractivity contribution in [3.8, 4) is 0 Å². The number of rotatable bonds is 2.